The summed E-state index contributed by atoms with van der Waals surface area (Å²) in [6.45, 7) is 6.21. The number of carbonyl (C=O) groups is 3. The van der Waals surface area contributed by atoms with Crippen LogP contribution in [-0.4, -0.2) is 71.1 Å². The number of aliphatic hydroxyl groups excluding tert-OH is 1. The Hall–Kier alpha value is -4.43. The average Bonchev–Trinajstić information content (AvgIpc) is 3.53. The summed E-state index contributed by atoms with van der Waals surface area (Å²) in [5.41, 5.74) is 1.95. The standard InChI is InChI=1S/C38H44N4O8Si/c1-24-36(51(2,3)49)33(20-35(45)40-22-27-11-5-4-10-26(27)18-30(40)23-43)50-38(24)31-19-29(42(47)48)14-15-32(31)41(37(38)46)21-25-9-8-12-28(17-25)39-16-7-6-13-34(39)44/h4-5,8-12,14-15,17,19,24,30,33,36,43,49H,6-7,13,16,18,20-23H2,1-3H3/t24-,30+,33+,36-,38+/m1/s1. The first-order valence-corrected chi connectivity index (χ1v) is 20.7. The van der Waals surface area contributed by atoms with Gasteiger partial charge in [0.25, 0.3) is 11.6 Å². The Kier molecular flexibility index (Phi) is 9.11. The van der Waals surface area contributed by atoms with Crippen LogP contribution in [0.25, 0.3) is 0 Å². The normalized spacial score (nSPS) is 26.1. The van der Waals surface area contributed by atoms with Crippen LogP contribution >= 0.6 is 0 Å². The van der Waals surface area contributed by atoms with Gasteiger partial charge in [-0.15, -0.1) is 0 Å². The van der Waals surface area contributed by atoms with E-state index in [-0.39, 0.29) is 37.1 Å². The lowest BCUT2D eigenvalue weighted by Gasteiger charge is -2.37. The summed E-state index contributed by atoms with van der Waals surface area (Å²) in [5, 5.41) is 22.3. The van der Waals surface area contributed by atoms with Crippen molar-refractivity contribution in [3.63, 3.8) is 0 Å². The summed E-state index contributed by atoms with van der Waals surface area (Å²) in [6, 6.07) is 19.2. The number of aliphatic hydroxyl groups is 1. The van der Waals surface area contributed by atoms with Crippen LogP contribution in [0.3, 0.4) is 0 Å². The monoisotopic (exact) mass is 712 g/mol. The number of rotatable bonds is 8. The van der Waals surface area contributed by atoms with Crippen molar-refractivity contribution in [2.24, 2.45) is 5.92 Å². The third-order valence-electron chi connectivity index (χ3n) is 11.3. The van der Waals surface area contributed by atoms with E-state index < -0.39 is 48.4 Å². The Morgan fingerprint density at radius 3 is 2.53 bits per heavy atom. The first-order valence-electron chi connectivity index (χ1n) is 17.7. The Morgan fingerprint density at radius 1 is 1.06 bits per heavy atom. The molecule has 0 unspecified atom stereocenters. The van der Waals surface area contributed by atoms with Crippen molar-refractivity contribution in [1.29, 1.82) is 0 Å². The van der Waals surface area contributed by atoms with Gasteiger partial charge in [0.15, 0.2) is 13.9 Å². The zero-order valence-corrected chi connectivity index (χ0v) is 30.2. The molecule has 0 aliphatic carbocycles. The van der Waals surface area contributed by atoms with Gasteiger partial charge in [0.05, 0.1) is 42.3 Å². The van der Waals surface area contributed by atoms with E-state index in [1.54, 1.807) is 33.9 Å². The van der Waals surface area contributed by atoms with Gasteiger partial charge in [0.1, 0.15) is 0 Å². The number of ether oxygens (including phenoxy) is 1. The highest BCUT2D eigenvalue weighted by Gasteiger charge is 2.66. The van der Waals surface area contributed by atoms with Gasteiger partial charge in [0.2, 0.25) is 11.8 Å². The second kappa shape index (κ2) is 13.3. The van der Waals surface area contributed by atoms with Gasteiger partial charge in [-0.25, -0.2) is 0 Å². The van der Waals surface area contributed by atoms with E-state index in [2.05, 4.69) is 0 Å². The number of carbonyl (C=O) groups excluding carboxylic acids is 3. The molecule has 0 radical (unpaired) electrons. The molecule has 13 heteroatoms. The molecule has 268 valence electrons. The van der Waals surface area contributed by atoms with Crippen LogP contribution in [0.5, 0.6) is 0 Å². The van der Waals surface area contributed by atoms with Gasteiger partial charge in [-0.1, -0.05) is 43.3 Å². The number of piperidine rings is 1. The van der Waals surface area contributed by atoms with E-state index in [9.17, 15) is 34.4 Å². The molecular weight excluding hydrogens is 669 g/mol. The lowest BCUT2D eigenvalue weighted by molar-refractivity contribution is -0.385. The van der Waals surface area contributed by atoms with E-state index >= 15 is 0 Å². The van der Waals surface area contributed by atoms with Crippen LogP contribution in [-0.2, 0) is 44.2 Å². The number of nitro benzene ring substituents is 1. The summed E-state index contributed by atoms with van der Waals surface area (Å²) in [7, 11) is -3.15. The number of amides is 3. The Morgan fingerprint density at radius 2 is 1.82 bits per heavy atom. The zero-order chi connectivity index (χ0) is 36.2. The van der Waals surface area contributed by atoms with Gasteiger partial charge in [0, 0.05) is 54.4 Å². The molecule has 3 aromatic carbocycles. The zero-order valence-electron chi connectivity index (χ0n) is 29.2. The largest absolute Gasteiger partial charge is 0.432 e. The molecule has 2 fully saturated rings. The summed E-state index contributed by atoms with van der Waals surface area (Å²) < 4.78 is 6.83. The van der Waals surface area contributed by atoms with Gasteiger partial charge in [-0.2, -0.15) is 0 Å². The second-order valence-corrected chi connectivity index (χ2v) is 18.9. The number of nitrogens with zero attached hydrogens (tertiary/aromatic N) is 4. The van der Waals surface area contributed by atoms with Gasteiger partial charge in [-0.05, 0) is 67.2 Å². The molecule has 5 atom stereocenters. The van der Waals surface area contributed by atoms with Crippen LogP contribution in [0.15, 0.2) is 66.7 Å². The second-order valence-electron chi connectivity index (χ2n) is 14.9. The molecule has 7 rings (SSSR count). The van der Waals surface area contributed by atoms with E-state index in [0.29, 0.717) is 37.2 Å². The van der Waals surface area contributed by atoms with Crippen LogP contribution in [0.1, 0.15) is 54.9 Å². The molecule has 51 heavy (non-hydrogen) atoms. The number of hydrogen-bond acceptors (Lipinski definition) is 8. The SMILES string of the molecule is C[C@@H]1[C@@H]([Si](C)(C)O)[C@H](CC(=O)N2Cc3ccccc3C[C@H]2CO)O[C@@]12C(=O)N(Cc1cccc(N3CCCCC3=O)c1)c1ccc([N+](=O)[O-])cc12. The minimum Gasteiger partial charge on any atom is -0.432 e. The molecular formula is C38H44N4O8Si. The Balaban J connectivity index is 1.24. The van der Waals surface area contributed by atoms with Gasteiger partial charge >= 0.3 is 0 Å². The number of nitro groups is 1. The van der Waals surface area contributed by atoms with Gasteiger partial charge < -0.3 is 29.3 Å². The van der Waals surface area contributed by atoms with Crippen molar-refractivity contribution in [3.8, 4) is 0 Å². The van der Waals surface area contributed by atoms with Crippen molar-refractivity contribution in [3.05, 3.63) is 99.1 Å². The minimum atomic E-state index is -3.15. The summed E-state index contributed by atoms with van der Waals surface area (Å²) in [5.74, 6) is -1.25. The molecule has 2 N–H and O–H groups in total. The van der Waals surface area contributed by atoms with Crippen molar-refractivity contribution < 1.29 is 33.9 Å². The minimum absolute atomic E-state index is 0.0573. The summed E-state index contributed by atoms with van der Waals surface area (Å²) in [4.78, 5) is 70.0. The number of anilines is 2. The molecule has 3 amide bonds. The third kappa shape index (κ3) is 6.05. The average molecular weight is 713 g/mol. The van der Waals surface area contributed by atoms with Crippen molar-refractivity contribution in [1.82, 2.24) is 4.90 Å². The Bertz CT molecular complexity index is 1900. The summed E-state index contributed by atoms with van der Waals surface area (Å²) in [6.07, 6.45) is 1.77. The molecule has 0 aromatic heterocycles. The summed E-state index contributed by atoms with van der Waals surface area (Å²) >= 11 is 0. The van der Waals surface area contributed by atoms with E-state index in [4.69, 9.17) is 4.74 Å². The molecule has 2 saturated heterocycles. The number of fused-ring (bicyclic) bond motifs is 3. The van der Waals surface area contributed by atoms with Gasteiger partial charge in [-0.3, -0.25) is 24.5 Å². The fourth-order valence-corrected chi connectivity index (χ4v) is 11.5. The fourth-order valence-electron chi connectivity index (χ4n) is 8.95. The maximum absolute atomic E-state index is 14.9. The molecule has 1 spiro atoms. The predicted octanol–water partition coefficient (Wildman–Crippen LogP) is 4.79. The molecule has 0 saturated carbocycles. The highest BCUT2D eigenvalue weighted by molar-refractivity contribution is 6.71. The van der Waals surface area contributed by atoms with Crippen molar-refractivity contribution in [2.75, 3.05) is 23.0 Å². The number of hydrogen-bond donors (Lipinski definition) is 2. The van der Waals surface area contributed by atoms with Crippen molar-refractivity contribution >= 4 is 43.1 Å². The molecule has 3 aromatic rings. The third-order valence-corrected chi connectivity index (χ3v) is 13.8. The highest BCUT2D eigenvalue weighted by Crippen LogP contribution is 2.60. The predicted molar refractivity (Wildman–Crippen MR) is 192 cm³/mol. The fraction of sp³-hybridized carbons (Fsp3) is 0.447. The lowest BCUT2D eigenvalue weighted by Crippen LogP contribution is -2.48. The molecule has 0 bridgehead atoms. The smallest absolute Gasteiger partial charge is 0.269 e. The first-order chi connectivity index (χ1) is 24.3. The number of non-ortho nitro benzene ring substituents is 1. The number of benzene rings is 3. The van der Waals surface area contributed by atoms with Crippen LogP contribution in [0.4, 0.5) is 17.1 Å². The molecule has 4 aliphatic rings. The Labute approximate surface area is 297 Å². The maximum atomic E-state index is 14.9. The molecule has 12 nitrogen and oxygen atoms in total. The van der Waals surface area contributed by atoms with E-state index in [1.807, 2.05) is 55.5 Å². The van der Waals surface area contributed by atoms with Crippen LogP contribution in [0, 0.1) is 16.0 Å². The van der Waals surface area contributed by atoms with E-state index in [1.165, 1.54) is 12.1 Å². The van der Waals surface area contributed by atoms with Crippen molar-refractivity contribution in [2.45, 2.75) is 88.5 Å². The maximum Gasteiger partial charge on any atom is 0.269 e. The highest BCUT2D eigenvalue weighted by atomic mass is 28.4. The van der Waals surface area contributed by atoms with Crippen LogP contribution < -0.4 is 9.80 Å². The molecule has 4 aliphatic heterocycles. The van der Waals surface area contributed by atoms with E-state index in [0.717, 1.165) is 35.2 Å². The topological polar surface area (TPSA) is 154 Å². The molecule has 4 heterocycles. The first kappa shape index (κ1) is 35.0. The van der Waals surface area contributed by atoms with Crippen LogP contribution in [0.2, 0.25) is 18.6 Å². The quantitative estimate of drug-likeness (QED) is 0.192. The lowest BCUT2D eigenvalue weighted by atomic mass is 9.82.